The van der Waals surface area contributed by atoms with Gasteiger partial charge >= 0.3 is 5.69 Å². The number of anilines is 1. The summed E-state index contributed by atoms with van der Waals surface area (Å²) in [6.07, 6.45) is 16.1. The number of nitrogens with two attached hydrogens (primary N) is 1. The third-order valence-electron chi connectivity index (χ3n) is 10.4. The van der Waals surface area contributed by atoms with Gasteiger partial charge in [0.25, 0.3) is 5.56 Å². The molecule has 6 atom stereocenters. The average Bonchev–Trinajstić information content (AvgIpc) is 3.10. The number of aromatic nitrogens is 4. The zero-order valence-corrected chi connectivity index (χ0v) is 23.1. The molecule has 4 bridgehead atoms. The highest BCUT2D eigenvalue weighted by atomic mass is 19.1. The lowest BCUT2D eigenvalue weighted by Gasteiger charge is -2.52. The Morgan fingerprint density at radius 2 is 1.57 bits per heavy atom. The van der Waals surface area contributed by atoms with Crippen LogP contribution in [0.2, 0.25) is 0 Å². The van der Waals surface area contributed by atoms with Crippen molar-refractivity contribution in [2.45, 2.75) is 95.2 Å². The summed E-state index contributed by atoms with van der Waals surface area (Å²) < 4.78 is 17.2. The molecule has 5 aliphatic rings. The van der Waals surface area contributed by atoms with Crippen LogP contribution in [0.4, 0.5) is 10.2 Å². The van der Waals surface area contributed by atoms with E-state index < -0.39 is 17.3 Å². The maximum absolute atomic E-state index is 14.4. The van der Waals surface area contributed by atoms with Crippen LogP contribution >= 0.6 is 0 Å². The first-order valence-corrected chi connectivity index (χ1v) is 15.3. The van der Waals surface area contributed by atoms with Crippen LogP contribution in [-0.2, 0) is 0 Å². The maximum atomic E-state index is 14.4. The Bertz CT molecular complexity index is 1520. The molecule has 3 aromatic rings. The van der Waals surface area contributed by atoms with Gasteiger partial charge in [-0.05, 0) is 68.4 Å². The summed E-state index contributed by atoms with van der Waals surface area (Å²) in [5.41, 5.74) is 5.70. The number of benzene rings is 1. The van der Waals surface area contributed by atoms with Gasteiger partial charge in [-0.2, -0.15) is 4.98 Å². The van der Waals surface area contributed by atoms with Gasteiger partial charge in [-0.25, -0.2) is 18.7 Å². The Labute approximate surface area is 233 Å². The number of hydrogen-bond donors (Lipinski definition) is 1. The van der Waals surface area contributed by atoms with Crippen LogP contribution in [0.15, 0.2) is 40.1 Å². The van der Waals surface area contributed by atoms with Gasteiger partial charge in [0.15, 0.2) is 11.6 Å². The molecule has 1 aromatic carbocycles. The number of fused-ring (bicyclic) bond motifs is 8. The van der Waals surface area contributed by atoms with E-state index in [1.807, 2.05) is 28.8 Å². The molecule has 2 N–H and O–H groups in total. The normalized spacial score (nSPS) is 31.0. The van der Waals surface area contributed by atoms with Crippen molar-refractivity contribution in [3.63, 3.8) is 0 Å². The molecular formula is C31H39FN6O2. The molecule has 5 fully saturated rings. The van der Waals surface area contributed by atoms with Crippen LogP contribution in [-0.4, -0.2) is 42.6 Å². The number of rotatable bonds is 3. The third-order valence-corrected chi connectivity index (χ3v) is 10.4. The molecule has 3 aliphatic carbocycles. The second-order valence-corrected chi connectivity index (χ2v) is 12.8. The van der Waals surface area contributed by atoms with Crippen LogP contribution in [0.1, 0.15) is 83.1 Å². The summed E-state index contributed by atoms with van der Waals surface area (Å²) in [5.74, 6) is 0.604. The molecule has 0 spiro atoms. The van der Waals surface area contributed by atoms with E-state index in [0.717, 1.165) is 53.9 Å². The van der Waals surface area contributed by atoms with Gasteiger partial charge in [0.2, 0.25) is 5.82 Å². The molecule has 0 amide bonds. The van der Waals surface area contributed by atoms with Crippen molar-refractivity contribution < 1.29 is 4.39 Å². The van der Waals surface area contributed by atoms with Crippen LogP contribution in [0.3, 0.4) is 0 Å². The number of nitrogens with zero attached hydrogens (tertiary/aromatic N) is 5. The molecule has 9 heteroatoms. The van der Waals surface area contributed by atoms with Crippen molar-refractivity contribution in [3.05, 3.63) is 57.1 Å². The SMILES string of the molecule is Nc1nc(=O)n(-c2nc3ccccc3n([C@H]3C[C@H]4CCCCC3CN4[C@@H]3C[C@@H]4CCCC[C@@H](C4)C3)c2=O)cc1F. The predicted octanol–water partition coefficient (Wildman–Crippen LogP) is 4.83. The second kappa shape index (κ2) is 10.4. The maximum Gasteiger partial charge on any atom is 0.355 e. The first kappa shape index (κ1) is 25.9. The summed E-state index contributed by atoms with van der Waals surface area (Å²) in [7, 11) is 0. The number of para-hydroxylation sites is 2. The summed E-state index contributed by atoms with van der Waals surface area (Å²) >= 11 is 0. The van der Waals surface area contributed by atoms with E-state index in [1.165, 1.54) is 57.8 Å². The van der Waals surface area contributed by atoms with Crippen LogP contribution < -0.4 is 17.0 Å². The highest BCUT2D eigenvalue weighted by Crippen LogP contribution is 2.46. The quantitative estimate of drug-likeness (QED) is 0.505. The van der Waals surface area contributed by atoms with Gasteiger partial charge in [-0.15, -0.1) is 0 Å². The minimum absolute atomic E-state index is 0.00569. The Balaban J connectivity index is 1.30. The third kappa shape index (κ3) is 4.56. The van der Waals surface area contributed by atoms with E-state index in [2.05, 4.69) is 14.9 Å². The van der Waals surface area contributed by atoms with E-state index in [1.54, 1.807) is 0 Å². The first-order chi connectivity index (χ1) is 19.5. The van der Waals surface area contributed by atoms with Gasteiger partial charge in [0.05, 0.1) is 17.2 Å². The Morgan fingerprint density at radius 1 is 0.850 bits per heavy atom. The smallest absolute Gasteiger partial charge is 0.355 e. The molecule has 2 aliphatic heterocycles. The molecule has 2 saturated heterocycles. The van der Waals surface area contributed by atoms with Gasteiger partial charge < -0.3 is 10.3 Å². The molecule has 2 aromatic heterocycles. The number of nitrogen functional groups attached to an aromatic ring is 1. The van der Waals surface area contributed by atoms with Gasteiger partial charge in [-0.1, -0.05) is 50.7 Å². The molecule has 3 saturated carbocycles. The van der Waals surface area contributed by atoms with Crippen LogP contribution in [0.5, 0.6) is 0 Å². The zero-order valence-electron chi connectivity index (χ0n) is 23.1. The molecule has 4 heterocycles. The molecular weight excluding hydrogens is 507 g/mol. The minimum Gasteiger partial charge on any atom is -0.381 e. The predicted molar refractivity (Wildman–Crippen MR) is 153 cm³/mol. The van der Waals surface area contributed by atoms with E-state index in [0.29, 0.717) is 23.5 Å². The van der Waals surface area contributed by atoms with Crippen molar-refractivity contribution in [3.8, 4) is 5.82 Å². The highest BCUT2D eigenvalue weighted by molar-refractivity contribution is 5.75. The molecule has 0 radical (unpaired) electrons. The average molecular weight is 547 g/mol. The molecule has 1 unspecified atom stereocenters. The number of piperidine rings is 1. The van der Waals surface area contributed by atoms with E-state index in [-0.39, 0.29) is 17.4 Å². The van der Waals surface area contributed by atoms with Crippen molar-refractivity contribution in [1.82, 2.24) is 24.0 Å². The summed E-state index contributed by atoms with van der Waals surface area (Å²) in [6.45, 7) is 1.01. The fourth-order valence-corrected chi connectivity index (χ4v) is 8.63. The van der Waals surface area contributed by atoms with E-state index >= 15 is 0 Å². The van der Waals surface area contributed by atoms with Crippen LogP contribution in [0.25, 0.3) is 16.9 Å². The lowest BCUT2D eigenvalue weighted by atomic mass is 9.73. The van der Waals surface area contributed by atoms with Crippen molar-refractivity contribution in [2.75, 3.05) is 12.3 Å². The largest absolute Gasteiger partial charge is 0.381 e. The fourth-order valence-electron chi connectivity index (χ4n) is 8.63. The minimum atomic E-state index is -0.853. The number of halogens is 1. The molecule has 212 valence electrons. The lowest BCUT2D eigenvalue weighted by Crippen LogP contribution is -2.55. The molecule has 8 nitrogen and oxygen atoms in total. The number of hydrogen-bond acceptors (Lipinski definition) is 6. The van der Waals surface area contributed by atoms with Crippen molar-refractivity contribution >= 4 is 16.9 Å². The summed E-state index contributed by atoms with van der Waals surface area (Å²) in [5, 5.41) is 0. The molecule has 8 rings (SSSR count). The zero-order chi connectivity index (χ0) is 27.4. The van der Waals surface area contributed by atoms with Crippen molar-refractivity contribution in [2.24, 2.45) is 17.8 Å². The second-order valence-electron chi connectivity index (χ2n) is 12.8. The standard InChI is InChI=1S/C31H39FN6O2/c32-24-18-37(31(40)35-28(24)33)29-30(39)38(26-12-6-5-11-25(26)34-29)27-16-22-10-4-3-9-21(27)17-36(22)23-14-19-7-1-2-8-20(13-19)15-23/h5-6,11-12,18-23,27H,1-4,7-10,13-17H2,(H2,33,35,40)/t19-,20+,21?,22-,23-,27+/m1/s1. The summed E-state index contributed by atoms with van der Waals surface area (Å²) in [4.78, 5) is 37.9. The van der Waals surface area contributed by atoms with Crippen molar-refractivity contribution in [1.29, 1.82) is 0 Å². The Hall–Kier alpha value is -3.07. The monoisotopic (exact) mass is 546 g/mol. The van der Waals surface area contributed by atoms with E-state index in [9.17, 15) is 14.0 Å². The summed E-state index contributed by atoms with van der Waals surface area (Å²) in [6, 6.07) is 8.66. The first-order valence-electron chi connectivity index (χ1n) is 15.3. The van der Waals surface area contributed by atoms with Gasteiger partial charge in [0.1, 0.15) is 0 Å². The van der Waals surface area contributed by atoms with Gasteiger partial charge in [0, 0.05) is 24.7 Å². The van der Waals surface area contributed by atoms with Crippen LogP contribution in [0, 0.1) is 23.6 Å². The van der Waals surface area contributed by atoms with E-state index in [4.69, 9.17) is 5.73 Å². The highest BCUT2D eigenvalue weighted by Gasteiger charge is 2.43. The van der Waals surface area contributed by atoms with Gasteiger partial charge in [-0.3, -0.25) is 9.69 Å². The topological polar surface area (TPSA) is 99.0 Å². The fraction of sp³-hybridized carbons (Fsp3) is 0.613. The Kier molecular flexibility index (Phi) is 6.72. The molecule has 40 heavy (non-hydrogen) atoms. The Morgan fingerprint density at radius 3 is 2.38 bits per heavy atom. The lowest BCUT2D eigenvalue weighted by molar-refractivity contribution is -0.0155.